The van der Waals surface area contributed by atoms with Gasteiger partial charge in [0.2, 0.25) is 5.91 Å². The predicted octanol–water partition coefficient (Wildman–Crippen LogP) is 1.63. The average Bonchev–Trinajstić information content (AvgIpc) is 2.78. The number of nitrogens with two attached hydrogens (primary N) is 1. The van der Waals surface area contributed by atoms with Crippen molar-refractivity contribution < 1.29 is 4.79 Å². The number of amides is 1. The number of para-hydroxylation sites is 1. The van der Waals surface area contributed by atoms with Crippen LogP contribution in [0.1, 0.15) is 19.3 Å². The fraction of sp³-hybridized carbons (Fsp3) is 0.333. The summed E-state index contributed by atoms with van der Waals surface area (Å²) in [6, 6.07) is 5.71. The first-order valence-corrected chi connectivity index (χ1v) is 5.73. The number of nitrogens with one attached hydrogen (secondary N) is 2. The molecule has 0 saturated carbocycles. The molecule has 0 atom stereocenters. The lowest BCUT2D eigenvalue weighted by molar-refractivity contribution is -0.116. The molecule has 0 bridgehead atoms. The van der Waals surface area contributed by atoms with E-state index >= 15 is 0 Å². The Morgan fingerprint density at radius 2 is 2.29 bits per heavy atom. The van der Waals surface area contributed by atoms with E-state index in [-0.39, 0.29) is 5.91 Å². The van der Waals surface area contributed by atoms with Crippen molar-refractivity contribution in [1.29, 1.82) is 0 Å². The first kappa shape index (κ1) is 11.6. The third-order valence-corrected chi connectivity index (χ3v) is 2.61. The zero-order valence-electron chi connectivity index (χ0n) is 9.57. The molecular formula is C12H16N4O. The largest absolute Gasteiger partial charge is 0.330 e. The fourth-order valence-corrected chi connectivity index (χ4v) is 1.72. The highest BCUT2D eigenvalue weighted by molar-refractivity contribution is 6.00. The van der Waals surface area contributed by atoms with Crippen LogP contribution in [0.4, 0.5) is 5.69 Å². The topological polar surface area (TPSA) is 83.8 Å². The van der Waals surface area contributed by atoms with Crippen molar-refractivity contribution in [3.63, 3.8) is 0 Å². The monoisotopic (exact) mass is 232 g/mol. The molecule has 4 N–H and O–H groups in total. The number of nitrogens with zero attached hydrogens (tertiary/aromatic N) is 1. The molecule has 2 aromatic rings. The number of carbonyl (C=O) groups is 1. The zero-order valence-corrected chi connectivity index (χ0v) is 9.57. The second-order valence-corrected chi connectivity index (χ2v) is 3.93. The third-order valence-electron chi connectivity index (χ3n) is 2.61. The number of hydrogen-bond acceptors (Lipinski definition) is 3. The first-order chi connectivity index (χ1) is 8.31. The van der Waals surface area contributed by atoms with Gasteiger partial charge in [-0.3, -0.25) is 9.89 Å². The van der Waals surface area contributed by atoms with E-state index in [0.717, 1.165) is 29.4 Å². The maximum absolute atomic E-state index is 11.7. The van der Waals surface area contributed by atoms with Crippen molar-refractivity contribution in [2.75, 3.05) is 11.9 Å². The summed E-state index contributed by atoms with van der Waals surface area (Å²) < 4.78 is 0. The summed E-state index contributed by atoms with van der Waals surface area (Å²) in [5.41, 5.74) is 7.02. The van der Waals surface area contributed by atoms with Gasteiger partial charge in [0.25, 0.3) is 0 Å². The average molecular weight is 232 g/mol. The van der Waals surface area contributed by atoms with Crippen LogP contribution in [-0.4, -0.2) is 22.6 Å². The molecule has 1 heterocycles. The maximum Gasteiger partial charge on any atom is 0.224 e. The molecule has 0 aliphatic carbocycles. The Bertz CT molecular complexity index is 506. The van der Waals surface area contributed by atoms with E-state index in [4.69, 9.17) is 5.73 Å². The van der Waals surface area contributed by atoms with Gasteiger partial charge in [-0.2, -0.15) is 5.10 Å². The summed E-state index contributed by atoms with van der Waals surface area (Å²) in [5.74, 6) is 0.0144. The Morgan fingerprint density at radius 3 is 3.12 bits per heavy atom. The van der Waals surface area contributed by atoms with Gasteiger partial charge in [0.05, 0.1) is 17.4 Å². The molecule has 0 fully saturated rings. The number of benzene rings is 1. The molecule has 1 aromatic carbocycles. The van der Waals surface area contributed by atoms with Gasteiger partial charge in [-0.05, 0) is 25.5 Å². The van der Waals surface area contributed by atoms with Crippen molar-refractivity contribution >= 4 is 22.5 Å². The summed E-state index contributed by atoms with van der Waals surface area (Å²) in [4.78, 5) is 11.7. The minimum atomic E-state index is 0.0144. The van der Waals surface area contributed by atoms with Gasteiger partial charge in [-0.1, -0.05) is 12.1 Å². The van der Waals surface area contributed by atoms with Crippen LogP contribution in [0.25, 0.3) is 10.9 Å². The van der Waals surface area contributed by atoms with Crippen molar-refractivity contribution in [3.05, 3.63) is 24.4 Å². The third kappa shape index (κ3) is 2.82. The quantitative estimate of drug-likeness (QED) is 0.685. The van der Waals surface area contributed by atoms with Crippen LogP contribution in [0.15, 0.2) is 24.4 Å². The summed E-state index contributed by atoms with van der Waals surface area (Å²) in [5, 5.41) is 10.7. The van der Waals surface area contributed by atoms with Crippen molar-refractivity contribution in [2.24, 2.45) is 5.73 Å². The molecule has 2 rings (SSSR count). The molecule has 1 aromatic heterocycles. The summed E-state index contributed by atoms with van der Waals surface area (Å²) in [6.45, 7) is 0.628. The molecular weight excluding hydrogens is 216 g/mol. The van der Waals surface area contributed by atoms with Gasteiger partial charge >= 0.3 is 0 Å². The van der Waals surface area contributed by atoms with E-state index in [0.29, 0.717) is 13.0 Å². The summed E-state index contributed by atoms with van der Waals surface area (Å²) >= 11 is 0. The van der Waals surface area contributed by atoms with E-state index in [9.17, 15) is 4.79 Å². The molecule has 5 nitrogen and oxygen atoms in total. The van der Waals surface area contributed by atoms with Crippen LogP contribution in [0.3, 0.4) is 0 Å². The fourth-order valence-electron chi connectivity index (χ4n) is 1.72. The number of aromatic amines is 1. The molecule has 0 spiro atoms. The smallest absolute Gasteiger partial charge is 0.224 e. The molecule has 0 unspecified atom stereocenters. The number of carbonyl (C=O) groups excluding carboxylic acids is 1. The predicted molar refractivity (Wildman–Crippen MR) is 67.6 cm³/mol. The number of hydrogen-bond donors (Lipinski definition) is 3. The lowest BCUT2D eigenvalue weighted by Crippen LogP contribution is -2.12. The second kappa shape index (κ2) is 5.45. The van der Waals surface area contributed by atoms with Crippen LogP contribution in [0.5, 0.6) is 0 Å². The highest BCUT2D eigenvalue weighted by atomic mass is 16.1. The number of anilines is 1. The Kier molecular flexibility index (Phi) is 3.72. The first-order valence-electron chi connectivity index (χ1n) is 5.73. The van der Waals surface area contributed by atoms with Crippen molar-refractivity contribution in [3.8, 4) is 0 Å². The van der Waals surface area contributed by atoms with Crippen LogP contribution in [0, 0.1) is 0 Å². The minimum Gasteiger partial charge on any atom is -0.330 e. The van der Waals surface area contributed by atoms with E-state index in [2.05, 4.69) is 15.5 Å². The number of rotatable bonds is 5. The normalized spacial score (nSPS) is 10.6. The number of H-pyrrole nitrogens is 1. The summed E-state index contributed by atoms with van der Waals surface area (Å²) in [7, 11) is 0. The summed E-state index contributed by atoms with van der Waals surface area (Å²) in [6.07, 6.45) is 3.93. The molecule has 0 aliphatic rings. The SMILES string of the molecule is NCCCCC(=O)Nc1cccc2cn[nH]c12. The van der Waals surface area contributed by atoms with Gasteiger partial charge in [0, 0.05) is 11.8 Å². The molecule has 90 valence electrons. The van der Waals surface area contributed by atoms with Gasteiger partial charge in [-0.15, -0.1) is 0 Å². The number of fused-ring (bicyclic) bond motifs is 1. The van der Waals surface area contributed by atoms with E-state index in [1.54, 1.807) is 6.20 Å². The molecule has 1 amide bonds. The maximum atomic E-state index is 11.7. The van der Waals surface area contributed by atoms with Gasteiger partial charge < -0.3 is 11.1 Å². The Hall–Kier alpha value is -1.88. The number of aromatic nitrogens is 2. The van der Waals surface area contributed by atoms with Gasteiger partial charge in [-0.25, -0.2) is 0 Å². The molecule has 17 heavy (non-hydrogen) atoms. The highest BCUT2D eigenvalue weighted by Crippen LogP contribution is 2.20. The van der Waals surface area contributed by atoms with Crippen LogP contribution >= 0.6 is 0 Å². The Morgan fingerprint density at radius 1 is 1.41 bits per heavy atom. The van der Waals surface area contributed by atoms with Crippen molar-refractivity contribution in [2.45, 2.75) is 19.3 Å². The van der Waals surface area contributed by atoms with Gasteiger partial charge in [0.15, 0.2) is 0 Å². The van der Waals surface area contributed by atoms with Crippen LogP contribution in [0.2, 0.25) is 0 Å². The van der Waals surface area contributed by atoms with E-state index < -0.39 is 0 Å². The Labute approximate surface area is 99.4 Å². The van der Waals surface area contributed by atoms with Crippen LogP contribution < -0.4 is 11.1 Å². The minimum absolute atomic E-state index is 0.0144. The lowest BCUT2D eigenvalue weighted by atomic mass is 10.2. The lowest BCUT2D eigenvalue weighted by Gasteiger charge is -2.05. The standard InChI is InChI=1S/C12H16N4O/c13-7-2-1-6-11(17)15-10-5-3-4-9-8-14-16-12(9)10/h3-5,8H,1-2,6-7,13H2,(H,14,16)(H,15,17). The molecule has 0 radical (unpaired) electrons. The van der Waals surface area contributed by atoms with Gasteiger partial charge in [0.1, 0.15) is 0 Å². The zero-order chi connectivity index (χ0) is 12.1. The number of unbranched alkanes of at least 4 members (excludes halogenated alkanes) is 1. The molecule has 0 aliphatic heterocycles. The second-order valence-electron chi connectivity index (χ2n) is 3.93. The van der Waals surface area contributed by atoms with Crippen molar-refractivity contribution in [1.82, 2.24) is 10.2 Å². The molecule has 5 heteroatoms. The Balaban J connectivity index is 2.03. The molecule has 0 saturated heterocycles. The van der Waals surface area contributed by atoms with E-state index in [1.165, 1.54) is 0 Å². The van der Waals surface area contributed by atoms with E-state index in [1.807, 2.05) is 18.2 Å². The highest BCUT2D eigenvalue weighted by Gasteiger charge is 2.06. The van der Waals surface area contributed by atoms with Crippen LogP contribution in [-0.2, 0) is 4.79 Å².